The van der Waals surface area contributed by atoms with Crippen LogP contribution in [-0.4, -0.2) is 17.1 Å². The van der Waals surface area contributed by atoms with Gasteiger partial charge in [-0.25, -0.2) is 0 Å². The van der Waals surface area contributed by atoms with E-state index in [2.05, 4.69) is 4.98 Å². The molecule has 0 saturated heterocycles. The molecule has 0 spiro atoms. The molecule has 2 N–H and O–H groups in total. The Bertz CT molecular complexity index is 526. The molecule has 1 aromatic carbocycles. The smallest absolute Gasteiger partial charge is 0.122 e. The largest absolute Gasteiger partial charge is 0.489 e. The number of benzene rings is 1. The second-order valence-corrected chi connectivity index (χ2v) is 4.61. The van der Waals surface area contributed by atoms with Crippen molar-refractivity contribution < 1.29 is 4.74 Å². The predicted molar refractivity (Wildman–Crippen MR) is 68.0 cm³/mol. The minimum absolute atomic E-state index is 0.163. The maximum absolute atomic E-state index is 6.00. The molecule has 2 atom stereocenters. The van der Waals surface area contributed by atoms with Crippen LogP contribution in [0.1, 0.15) is 19.3 Å². The van der Waals surface area contributed by atoms with Crippen molar-refractivity contribution in [3.05, 3.63) is 36.5 Å². The minimum Gasteiger partial charge on any atom is -0.489 e. The summed E-state index contributed by atoms with van der Waals surface area (Å²) in [5.41, 5.74) is 6.97. The van der Waals surface area contributed by atoms with Crippen molar-refractivity contribution in [2.75, 3.05) is 0 Å². The quantitative estimate of drug-likeness (QED) is 0.859. The lowest BCUT2D eigenvalue weighted by molar-refractivity contribution is 0.192. The van der Waals surface area contributed by atoms with Crippen molar-refractivity contribution in [2.24, 2.45) is 5.73 Å². The van der Waals surface area contributed by atoms with E-state index in [0.717, 1.165) is 35.9 Å². The van der Waals surface area contributed by atoms with Crippen LogP contribution < -0.4 is 10.5 Å². The van der Waals surface area contributed by atoms with Gasteiger partial charge >= 0.3 is 0 Å². The second kappa shape index (κ2) is 4.34. The molecule has 3 heteroatoms. The Hall–Kier alpha value is -1.61. The van der Waals surface area contributed by atoms with Crippen molar-refractivity contribution in [1.82, 2.24) is 4.98 Å². The molecule has 1 heterocycles. The van der Waals surface area contributed by atoms with E-state index in [4.69, 9.17) is 10.5 Å². The van der Waals surface area contributed by atoms with E-state index in [0.29, 0.717) is 0 Å². The van der Waals surface area contributed by atoms with Crippen LogP contribution in [0.5, 0.6) is 5.75 Å². The highest BCUT2D eigenvalue weighted by Crippen LogP contribution is 2.25. The van der Waals surface area contributed by atoms with Crippen LogP contribution in [0.25, 0.3) is 10.9 Å². The van der Waals surface area contributed by atoms with Gasteiger partial charge in [-0.05, 0) is 37.5 Å². The predicted octanol–water partition coefficient (Wildman–Crippen LogP) is 2.49. The topological polar surface area (TPSA) is 48.1 Å². The maximum atomic E-state index is 6.00. The Balaban J connectivity index is 1.85. The normalized spacial score (nSPS) is 24.1. The second-order valence-electron chi connectivity index (χ2n) is 4.61. The summed E-state index contributed by atoms with van der Waals surface area (Å²) < 4.78 is 5.93. The number of fused-ring (bicyclic) bond motifs is 1. The molecule has 3 rings (SSSR count). The van der Waals surface area contributed by atoms with Crippen molar-refractivity contribution in [3.8, 4) is 5.75 Å². The Morgan fingerprint density at radius 2 is 2.18 bits per heavy atom. The highest BCUT2D eigenvalue weighted by molar-refractivity contribution is 5.79. The van der Waals surface area contributed by atoms with Gasteiger partial charge in [-0.3, -0.25) is 4.98 Å². The number of pyridine rings is 1. The molecule has 1 aromatic heterocycles. The zero-order valence-corrected chi connectivity index (χ0v) is 9.67. The highest BCUT2D eigenvalue weighted by Gasteiger charge is 2.25. The van der Waals surface area contributed by atoms with E-state index < -0.39 is 0 Å². The molecular formula is C14H16N2O. The van der Waals surface area contributed by atoms with Crippen LogP contribution in [0, 0.1) is 0 Å². The number of hydrogen-bond donors (Lipinski definition) is 1. The number of ether oxygens (including phenoxy) is 1. The number of nitrogens with zero attached hydrogens (tertiary/aromatic N) is 1. The summed E-state index contributed by atoms with van der Waals surface area (Å²) in [6, 6.07) is 10.2. The molecule has 0 amide bonds. The van der Waals surface area contributed by atoms with Gasteiger partial charge in [0.05, 0.1) is 5.52 Å². The molecular weight excluding hydrogens is 212 g/mol. The van der Waals surface area contributed by atoms with E-state index in [1.54, 1.807) is 6.20 Å². The third kappa shape index (κ3) is 2.11. The number of aromatic nitrogens is 1. The van der Waals surface area contributed by atoms with Crippen molar-refractivity contribution in [1.29, 1.82) is 0 Å². The minimum atomic E-state index is 0.163. The van der Waals surface area contributed by atoms with E-state index in [1.165, 1.54) is 0 Å². The molecule has 1 saturated carbocycles. The molecule has 88 valence electrons. The third-order valence-corrected chi connectivity index (χ3v) is 3.37. The first-order valence-corrected chi connectivity index (χ1v) is 6.10. The number of hydrogen-bond acceptors (Lipinski definition) is 3. The highest BCUT2D eigenvalue weighted by atomic mass is 16.5. The summed E-state index contributed by atoms with van der Waals surface area (Å²) in [6.07, 6.45) is 5.25. The first kappa shape index (κ1) is 10.5. The van der Waals surface area contributed by atoms with Crippen LogP contribution in [0.4, 0.5) is 0 Å². The molecule has 2 unspecified atom stereocenters. The average molecular weight is 228 g/mol. The van der Waals surface area contributed by atoms with Gasteiger partial charge in [0.25, 0.3) is 0 Å². The van der Waals surface area contributed by atoms with E-state index in [9.17, 15) is 0 Å². The molecule has 0 bridgehead atoms. The Kier molecular flexibility index (Phi) is 2.69. The van der Waals surface area contributed by atoms with Crippen LogP contribution in [0.15, 0.2) is 36.5 Å². The lowest BCUT2D eigenvalue weighted by Gasteiger charge is -2.17. The summed E-state index contributed by atoms with van der Waals surface area (Å²) >= 11 is 0. The zero-order valence-electron chi connectivity index (χ0n) is 9.67. The fourth-order valence-electron chi connectivity index (χ4n) is 2.40. The van der Waals surface area contributed by atoms with E-state index in [1.807, 2.05) is 30.3 Å². The summed E-state index contributed by atoms with van der Waals surface area (Å²) in [7, 11) is 0. The molecule has 1 aliphatic carbocycles. The van der Waals surface area contributed by atoms with E-state index >= 15 is 0 Å². The van der Waals surface area contributed by atoms with Gasteiger partial charge in [-0.15, -0.1) is 0 Å². The Morgan fingerprint density at radius 3 is 3.00 bits per heavy atom. The standard InChI is InChI=1S/C14H16N2O/c15-12-4-1-5-14(12)17-11-7-6-10-3-2-8-16-13(10)9-11/h2-3,6-9,12,14H,1,4-5,15H2. The molecule has 0 aliphatic heterocycles. The van der Waals surface area contributed by atoms with Crippen LogP contribution in [0.2, 0.25) is 0 Å². The lowest BCUT2D eigenvalue weighted by atomic mass is 10.2. The lowest BCUT2D eigenvalue weighted by Crippen LogP contribution is -2.33. The van der Waals surface area contributed by atoms with Crippen LogP contribution in [0.3, 0.4) is 0 Å². The van der Waals surface area contributed by atoms with Gasteiger partial charge in [-0.2, -0.15) is 0 Å². The molecule has 1 aliphatic rings. The third-order valence-electron chi connectivity index (χ3n) is 3.37. The summed E-state index contributed by atoms with van der Waals surface area (Å²) in [6.45, 7) is 0. The monoisotopic (exact) mass is 228 g/mol. The molecule has 2 aromatic rings. The van der Waals surface area contributed by atoms with Crippen LogP contribution >= 0.6 is 0 Å². The van der Waals surface area contributed by atoms with Crippen molar-refractivity contribution in [2.45, 2.75) is 31.4 Å². The van der Waals surface area contributed by atoms with Gasteiger partial charge in [-0.1, -0.05) is 6.07 Å². The van der Waals surface area contributed by atoms with Gasteiger partial charge in [0.2, 0.25) is 0 Å². The summed E-state index contributed by atoms with van der Waals surface area (Å²) in [5, 5.41) is 1.13. The number of nitrogens with two attached hydrogens (primary N) is 1. The molecule has 0 radical (unpaired) electrons. The Morgan fingerprint density at radius 1 is 1.24 bits per heavy atom. The van der Waals surface area contributed by atoms with Gasteiger partial charge in [0, 0.05) is 23.7 Å². The molecule has 3 nitrogen and oxygen atoms in total. The van der Waals surface area contributed by atoms with E-state index in [-0.39, 0.29) is 12.1 Å². The number of rotatable bonds is 2. The average Bonchev–Trinajstić information content (AvgIpc) is 2.75. The first-order valence-electron chi connectivity index (χ1n) is 6.10. The molecule has 17 heavy (non-hydrogen) atoms. The van der Waals surface area contributed by atoms with Crippen molar-refractivity contribution >= 4 is 10.9 Å². The fraction of sp³-hybridized carbons (Fsp3) is 0.357. The van der Waals surface area contributed by atoms with Crippen LogP contribution in [-0.2, 0) is 0 Å². The van der Waals surface area contributed by atoms with Crippen molar-refractivity contribution in [3.63, 3.8) is 0 Å². The zero-order chi connectivity index (χ0) is 11.7. The van der Waals surface area contributed by atoms with Gasteiger partial charge in [0.15, 0.2) is 0 Å². The maximum Gasteiger partial charge on any atom is 0.122 e. The fourth-order valence-corrected chi connectivity index (χ4v) is 2.40. The van der Waals surface area contributed by atoms with Gasteiger partial charge < -0.3 is 10.5 Å². The SMILES string of the molecule is NC1CCCC1Oc1ccc2cccnc2c1. The Labute approximate surface area is 101 Å². The molecule has 1 fully saturated rings. The summed E-state index contributed by atoms with van der Waals surface area (Å²) in [5.74, 6) is 0.874. The van der Waals surface area contributed by atoms with Gasteiger partial charge in [0.1, 0.15) is 11.9 Å². The first-order chi connectivity index (χ1) is 8.33. The summed E-state index contributed by atoms with van der Waals surface area (Å²) in [4.78, 5) is 4.32.